The topological polar surface area (TPSA) is 72.5 Å². The van der Waals surface area contributed by atoms with Crippen molar-refractivity contribution >= 4 is 11.6 Å². The van der Waals surface area contributed by atoms with Gasteiger partial charge in [-0.15, -0.1) is 0 Å². The summed E-state index contributed by atoms with van der Waals surface area (Å²) in [5, 5.41) is 3.11. The average Bonchev–Trinajstić information content (AvgIpc) is 3.07. The molecule has 5 nitrogen and oxygen atoms in total. The summed E-state index contributed by atoms with van der Waals surface area (Å²) in [6, 6.07) is 11.9. The fourth-order valence-corrected chi connectivity index (χ4v) is 2.90. The van der Waals surface area contributed by atoms with E-state index < -0.39 is 0 Å². The minimum Gasteiger partial charge on any atom is -0.474 e. The number of guanidine groups is 1. The molecule has 24 heavy (non-hydrogen) atoms. The molecule has 126 valence electrons. The molecule has 3 N–H and O–H groups in total. The third-order valence-corrected chi connectivity index (χ3v) is 4.14. The number of ether oxygens (including phenoxy) is 1. The lowest BCUT2D eigenvalue weighted by molar-refractivity contribution is 0.199. The van der Waals surface area contributed by atoms with E-state index in [1.165, 1.54) is 18.4 Å². The first-order valence-corrected chi connectivity index (χ1v) is 8.45. The number of hydrogen-bond donors (Lipinski definition) is 2. The van der Waals surface area contributed by atoms with Gasteiger partial charge < -0.3 is 15.8 Å². The maximum Gasteiger partial charge on any atom is 0.218 e. The van der Waals surface area contributed by atoms with Crippen molar-refractivity contribution in [2.75, 3.05) is 5.32 Å². The zero-order chi connectivity index (χ0) is 16.8. The van der Waals surface area contributed by atoms with Gasteiger partial charge in [0, 0.05) is 17.4 Å². The Labute approximate surface area is 143 Å². The molecule has 0 amide bonds. The Kier molecular flexibility index (Phi) is 5.31. The Morgan fingerprint density at radius 1 is 1.29 bits per heavy atom. The molecule has 5 heteroatoms. The minimum atomic E-state index is 0.283. The zero-order valence-electron chi connectivity index (χ0n) is 14.0. The largest absolute Gasteiger partial charge is 0.474 e. The number of nitrogens with one attached hydrogen (secondary N) is 1. The van der Waals surface area contributed by atoms with Gasteiger partial charge in [-0.05, 0) is 56.4 Å². The summed E-state index contributed by atoms with van der Waals surface area (Å²) in [6.45, 7) is 2.49. The number of pyridine rings is 1. The molecule has 1 heterocycles. The Bertz CT molecular complexity index is 708. The van der Waals surface area contributed by atoms with Gasteiger partial charge in [-0.2, -0.15) is 0 Å². The quantitative estimate of drug-likeness (QED) is 0.650. The number of aliphatic imine (C=N–C) groups is 1. The van der Waals surface area contributed by atoms with Gasteiger partial charge in [0.2, 0.25) is 5.88 Å². The number of aromatic nitrogens is 1. The van der Waals surface area contributed by atoms with Crippen LogP contribution in [0.4, 0.5) is 5.69 Å². The van der Waals surface area contributed by atoms with Crippen LogP contribution in [0.1, 0.15) is 36.8 Å². The summed E-state index contributed by atoms with van der Waals surface area (Å²) >= 11 is 0. The van der Waals surface area contributed by atoms with Crippen LogP contribution in [-0.2, 0) is 6.54 Å². The predicted molar refractivity (Wildman–Crippen MR) is 97.2 cm³/mol. The first kappa shape index (κ1) is 16.3. The molecule has 1 saturated carbocycles. The average molecular weight is 324 g/mol. The van der Waals surface area contributed by atoms with Crippen molar-refractivity contribution in [3.63, 3.8) is 0 Å². The number of nitrogens with two attached hydrogens (primary N) is 1. The molecule has 0 aliphatic heterocycles. The number of hydrogen-bond acceptors (Lipinski definition) is 3. The fourth-order valence-electron chi connectivity index (χ4n) is 2.90. The van der Waals surface area contributed by atoms with Gasteiger partial charge in [0.25, 0.3) is 0 Å². The number of nitrogens with zero attached hydrogens (tertiary/aromatic N) is 2. The monoisotopic (exact) mass is 324 g/mol. The number of rotatable bonds is 5. The first-order chi connectivity index (χ1) is 11.7. The lowest BCUT2D eigenvalue weighted by Gasteiger charge is -2.14. The summed E-state index contributed by atoms with van der Waals surface area (Å²) in [5.74, 6) is 1.06. The van der Waals surface area contributed by atoms with Gasteiger partial charge in [-0.1, -0.05) is 18.2 Å². The highest BCUT2D eigenvalue weighted by Gasteiger charge is 2.18. The van der Waals surface area contributed by atoms with Crippen LogP contribution in [0, 0.1) is 6.92 Å². The third-order valence-electron chi connectivity index (χ3n) is 4.14. The fraction of sp³-hybridized carbons (Fsp3) is 0.368. The molecule has 0 unspecified atom stereocenters. The van der Waals surface area contributed by atoms with Crippen molar-refractivity contribution in [3.8, 4) is 5.88 Å². The van der Waals surface area contributed by atoms with E-state index in [0.717, 1.165) is 24.1 Å². The lowest BCUT2D eigenvalue weighted by atomic mass is 10.2. The van der Waals surface area contributed by atoms with E-state index in [9.17, 15) is 0 Å². The molecule has 0 spiro atoms. The van der Waals surface area contributed by atoms with E-state index in [0.29, 0.717) is 18.4 Å². The first-order valence-electron chi connectivity index (χ1n) is 8.45. The maximum atomic E-state index is 6.03. The highest BCUT2D eigenvalue weighted by atomic mass is 16.5. The number of benzene rings is 1. The van der Waals surface area contributed by atoms with Crippen molar-refractivity contribution in [2.24, 2.45) is 10.7 Å². The standard InChI is InChI=1S/C19H24N4O/c1-14-6-4-8-16(12-14)23-19(20)22-13-15-7-5-11-21-18(15)24-17-9-2-3-10-17/h4-8,11-12,17H,2-3,9-10,13H2,1H3,(H3,20,22,23). The minimum absolute atomic E-state index is 0.283. The van der Waals surface area contributed by atoms with Gasteiger partial charge >= 0.3 is 0 Å². The van der Waals surface area contributed by atoms with E-state index in [4.69, 9.17) is 10.5 Å². The zero-order valence-corrected chi connectivity index (χ0v) is 14.0. The molecular weight excluding hydrogens is 300 g/mol. The smallest absolute Gasteiger partial charge is 0.218 e. The van der Waals surface area contributed by atoms with Crippen molar-refractivity contribution in [3.05, 3.63) is 53.7 Å². The normalized spacial score (nSPS) is 15.5. The van der Waals surface area contributed by atoms with Gasteiger partial charge in [0.1, 0.15) is 6.10 Å². The van der Waals surface area contributed by atoms with Gasteiger partial charge in [0.05, 0.1) is 6.54 Å². The highest BCUT2D eigenvalue weighted by molar-refractivity contribution is 5.92. The molecule has 1 aromatic carbocycles. The van der Waals surface area contributed by atoms with Crippen LogP contribution in [0.3, 0.4) is 0 Å². The van der Waals surface area contributed by atoms with Crippen molar-refractivity contribution in [1.29, 1.82) is 0 Å². The second kappa shape index (κ2) is 7.81. The van der Waals surface area contributed by atoms with Crippen molar-refractivity contribution < 1.29 is 4.74 Å². The van der Waals surface area contributed by atoms with Crippen molar-refractivity contribution in [1.82, 2.24) is 4.98 Å². The molecule has 1 aromatic heterocycles. The molecule has 2 aromatic rings. The Morgan fingerprint density at radius 2 is 2.12 bits per heavy atom. The Morgan fingerprint density at radius 3 is 2.92 bits per heavy atom. The maximum absolute atomic E-state index is 6.03. The number of anilines is 1. The third kappa shape index (κ3) is 4.47. The van der Waals surface area contributed by atoms with Gasteiger partial charge in [0.15, 0.2) is 5.96 Å². The summed E-state index contributed by atoms with van der Waals surface area (Å²) in [5.41, 5.74) is 9.06. The Hall–Kier alpha value is -2.56. The molecule has 0 bridgehead atoms. The van der Waals surface area contributed by atoms with Crippen LogP contribution in [-0.4, -0.2) is 17.0 Å². The number of aryl methyl sites for hydroxylation is 1. The van der Waals surface area contributed by atoms with Crippen molar-refractivity contribution in [2.45, 2.75) is 45.3 Å². The highest BCUT2D eigenvalue weighted by Crippen LogP contribution is 2.25. The second-order valence-electron chi connectivity index (χ2n) is 6.19. The van der Waals surface area contributed by atoms with E-state index in [2.05, 4.69) is 15.3 Å². The molecule has 1 aliphatic rings. The predicted octanol–water partition coefficient (Wildman–Crippen LogP) is 3.64. The van der Waals surface area contributed by atoms with Crippen LogP contribution < -0.4 is 15.8 Å². The summed E-state index contributed by atoms with van der Waals surface area (Å²) in [7, 11) is 0. The van der Waals surface area contributed by atoms with Gasteiger partial charge in [-0.3, -0.25) is 0 Å². The molecule has 0 saturated heterocycles. The molecule has 0 atom stereocenters. The Balaban J connectivity index is 1.64. The van der Waals surface area contributed by atoms with Crippen LogP contribution in [0.5, 0.6) is 5.88 Å². The molecule has 3 rings (SSSR count). The van der Waals surface area contributed by atoms with Crippen LogP contribution in [0.2, 0.25) is 0 Å². The molecule has 1 aliphatic carbocycles. The van der Waals surface area contributed by atoms with E-state index in [-0.39, 0.29) is 6.10 Å². The van der Waals surface area contributed by atoms with Crippen LogP contribution in [0.25, 0.3) is 0 Å². The lowest BCUT2D eigenvalue weighted by Crippen LogP contribution is -2.22. The SMILES string of the molecule is Cc1cccc(NC(N)=NCc2cccnc2OC2CCCC2)c1. The molecule has 0 radical (unpaired) electrons. The van der Waals surface area contributed by atoms with E-state index >= 15 is 0 Å². The van der Waals surface area contributed by atoms with Gasteiger partial charge in [-0.25, -0.2) is 9.98 Å². The van der Waals surface area contributed by atoms with E-state index in [1.54, 1.807) is 6.20 Å². The summed E-state index contributed by atoms with van der Waals surface area (Å²) in [4.78, 5) is 8.78. The van der Waals surface area contributed by atoms with E-state index in [1.807, 2.05) is 43.3 Å². The summed E-state index contributed by atoms with van der Waals surface area (Å²) < 4.78 is 6.03. The molecular formula is C19H24N4O. The summed E-state index contributed by atoms with van der Waals surface area (Å²) in [6.07, 6.45) is 6.72. The second-order valence-corrected chi connectivity index (χ2v) is 6.19. The van der Waals surface area contributed by atoms with Crippen LogP contribution >= 0.6 is 0 Å². The molecule has 1 fully saturated rings. The van der Waals surface area contributed by atoms with Crippen LogP contribution in [0.15, 0.2) is 47.6 Å².